The first-order valence-electron chi connectivity index (χ1n) is 12.2. The van der Waals surface area contributed by atoms with Gasteiger partial charge in [-0.1, -0.05) is 23.7 Å². The van der Waals surface area contributed by atoms with Gasteiger partial charge in [0.1, 0.15) is 0 Å². The normalized spacial score (nSPS) is 19.4. The van der Waals surface area contributed by atoms with Gasteiger partial charge in [0.25, 0.3) is 5.91 Å². The number of piperazine rings is 1. The minimum Gasteiger partial charge on any atom is -0.365 e. The van der Waals surface area contributed by atoms with E-state index in [4.69, 9.17) is 16.7 Å². The van der Waals surface area contributed by atoms with Gasteiger partial charge < -0.3 is 15.1 Å². The molecule has 0 radical (unpaired) electrons. The zero-order valence-electron chi connectivity index (χ0n) is 19.9. The minimum atomic E-state index is 0.0875. The van der Waals surface area contributed by atoms with E-state index in [2.05, 4.69) is 48.3 Å². The Morgan fingerprint density at radius 3 is 2.53 bits per heavy atom. The van der Waals surface area contributed by atoms with Crippen molar-refractivity contribution in [2.24, 2.45) is 0 Å². The lowest BCUT2D eigenvalue weighted by Crippen LogP contribution is -2.54. The summed E-state index contributed by atoms with van der Waals surface area (Å²) in [6.45, 7) is 8.46. The number of carbonyl (C=O) groups excluding carboxylic acids is 1. The van der Waals surface area contributed by atoms with Crippen LogP contribution < -0.4 is 10.2 Å². The number of anilines is 1. The number of aryl methyl sites for hydroxylation is 1. The smallest absolute Gasteiger partial charge is 0.257 e. The Morgan fingerprint density at radius 2 is 1.82 bits per heavy atom. The molecule has 1 atom stereocenters. The van der Waals surface area contributed by atoms with Crippen LogP contribution in [0.15, 0.2) is 54.7 Å². The summed E-state index contributed by atoms with van der Waals surface area (Å²) in [5.41, 5.74) is 5.19. The standard InChI is InChI=1S/C27H32ClN5O/c1-19-4-3-5-24(16-19)32-15-14-31(18-20(32)2)27(34)25-17-30-33(23-8-6-22(28)7-9-23)26(25)21-10-12-29-13-11-21/h3-9,16-17,20-21,29H,10-15,18H2,1-2H3. The van der Waals surface area contributed by atoms with Gasteiger partial charge in [-0.3, -0.25) is 4.79 Å². The van der Waals surface area contributed by atoms with E-state index in [9.17, 15) is 4.79 Å². The predicted octanol–water partition coefficient (Wildman–Crippen LogP) is 4.65. The lowest BCUT2D eigenvalue weighted by molar-refractivity contribution is 0.0724. The van der Waals surface area contributed by atoms with Crippen LogP contribution in [0.1, 0.15) is 47.3 Å². The Balaban J connectivity index is 1.42. The molecule has 2 saturated heterocycles. The van der Waals surface area contributed by atoms with E-state index in [0.717, 1.165) is 49.4 Å². The maximum absolute atomic E-state index is 13.8. The summed E-state index contributed by atoms with van der Waals surface area (Å²) in [5, 5.41) is 8.82. The van der Waals surface area contributed by atoms with Gasteiger partial charge in [0.05, 0.1) is 23.1 Å². The van der Waals surface area contributed by atoms with Gasteiger partial charge in [-0.05, 0) is 81.7 Å². The molecule has 3 heterocycles. The number of aromatic nitrogens is 2. The van der Waals surface area contributed by atoms with Crippen LogP contribution in [0.4, 0.5) is 5.69 Å². The Kier molecular flexibility index (Phi) is 6.61. The number of nitrogens with one attached hydrogen (secondary N) is 1. The molecule has 34 heavy (non-hydrogen) atoms. The van der Waals surface area contributed by atoms with Crippen molar-refractivity contribution in [3.8, 4) is 5.69 Å². The molecule has 1 aromatic heterocycles. The van der Waals surface area contributed by atoms with Crippen molar-refractivity contribution in [2.75, 3.05) is 37.6 Å². The molecule has 2 fully saturated rings. The Hall–Kier alpha value is -2.83. The van der Waals surface area contributed by atoms with E-state index < -0.39 is 0 Å². The second-order valence-corrected chi connectivity index (χ2v) is 9.93. The van der Waals surface area contributed by atoms with Crippen LogP contribution in [-0.4, -0.2) is 59.4 Å². The first-order chi connectivity index (χ1) is 16.5. The number of amides is 1. The van der Waals surface area contributed by atoms with Gasteiger partial charge in [-0.15, -0.1) is 0 Å². The van der Waals surface area contributed by atoms with Crippen LogP contribution >= 0.6 is 11.6 Å². The highest BCUT2D eigenvalue weighted by atomic mass is 35.5. The molecule has 0 saturated carbocycles. The van der Waals surface area contributed by atoms with E-state index in [-0.39, 0.29) is 11.9 Å². The third kappa shape index (κ3) is 4.57. The van der Waals surface area contributed by atoms with Crippen molar-refractivity contribution in [3.63, 3.8) is 0 Å². The number of benzene rings is 2. The molecule has 178 valence electrons. The molecule has 6 nitrogen and oxygen atoms in total. The second-order valence-electron chi connectivity index (χ2n) is 9.49. The minimum absolute atomic E-state index is 0.0875. The van der Waals surface area contributed by atoms with Crippen LogP contribution in [0.3, 0.4) is 0 Å². The van der Waals surface area contributed by atoms with Crippen molar-refractivity contribution in [2.45, 2.75) is 38.6 Å². The van der Waals surface area contributed by atoms with Crippen LogP contribution in [-0.2, 0) is 0 Å². The van der Waals surface area contributed by atoms with Gasteiger partial charge in [0, 0.05) is 42.3 Å². The Bertz CT molecular complexity index is 1150. The lowest BCUT2D eigenvalue weighted by atomic mass is 9.91. The molecule has 1 unspecified atom stereocenters. The number of hydrogen-bond acceptors (Lipinski definition) is 4. The van der Waals surface area contributed by atoms with E-state index >= 15 is 0 Å². The number of nitrogens with zero attached hydrogens (tertiary/aromatic N) is 4. The fraction of sp³-hybridized carbons (Fsp3) is 0.407. The van der Waals surface area contributed by atoms with Crippen LogP contribution in [0.2, 0.25) is 5.02 Å². The van der Waals surface area contributed by atoms with Gasteiger partial charge in [0.15, 0.2) is 0 Å². The third-order valence-corrected chi connectivity index (χ3v) is 7.33. The summed E-state index contributed by atoms with van der Waals surface area (Å²) in [6, 6.07) is 16.5. The summed E-state index contributed by atoms with van der Waals surface area (Å²) in [4.78, 5) is 18.2. The van der Waals surface area contributed by atoms with E-state index in [0.29, 0.717) is 24.0 Å². The molecule has 2 aliphatic heterocycles. The predicted molar refractivity (Wildman–Crippen MR) is 137 cm³/mol. The third-order valence-electron chi connectivity index (χ3n) is 7.08. The van der Waals surface area contributed by atoms with Crippen molar-refractivity contribution in [1.29, 1.82) is 0 Å². The van der Waals surface area contributed by atoms with Crippen LogP contribution in [0.5, 0.6) is 0 Å². The SMILES string of the molecule is Cc1cccc(N2CCN(C(=O)c3cnn(-c4ccc(Cl)cc4)c3C3CCNCC3)CC2C)c1. The van der Waals surface area contributed by atoms with Crippen LogP contribution in [0, 0.1) is 6.92 Å². The van der Waals surface area contributed by atoms with Gasteiger partial charge >= 0.3 is 0 Å². The summed E-state index contributed by atoms with van der Waals surface area (Å²) >= 11 is 6.12. The van der Waals surface area contributed by atoms with Gasteiger partial charge in [-0.2, -0.15) is 5.10 Å². The van der Waals surface area contributed by atoms with Crippen molar-refractivity contribution >= 4 is 23.2 Å². The fourth-order valence-electron chi connectivity index (χ4n) is 5.30. The number of carbonyl (C=O) groups is 1. The molecule has 2 aromatic carbocycles. The van der Waals surface area contributed by atoms with Crippen molar-refractivity contribution in [1.82, 2.24) is 20.0 Å². The van der Waals surface area contributed by atoms with Gasteiger partial charge in [0.2, 0.25) is 0 Å². The number of piperidine rings is 1. The second kappa shape index (κ2) is 9.80. The van der Waals surface area contributed by atoms with E-state index in [1.165, 1.54) is 11.3 Å². The quantitative estimate of drug-likeness (QED) is 0.594. The first-order valence-corrected chi connectivity index (χ1v) is 12.6. The number of rotatable bonds is 4. The Morgan fingerprint density at radius 1 is 1.06 bits per heavy atom. The topological polar surface area (TPSA) is 53.4 Å². The molecule has 0 spiro atoms. The maximum Gasteiger partial charge on any atom is 0.257 e. The summed E-state index contributed by atoms with van der Waals surface area (Å²) in [6.07, 6.45) is 3.76. The lowest BCUT2D eigenvalue weighted by Gasteiger charge is -2.41. The highest BCUT2D eigenvalue weighted by Gasteiger charge is 2.32. The van der Waals surface area contributed by atoms with E-state index in [1.54, 1.807) is 6.20 Å². The molecule has 0 bridgehead atoms. The summed E-state index contributed by atoms with van der Waals surface area (Å²) in [5.74, 6) is 0.383. The molecule has 2 aliphatic rings. The maximum atomic E-state index is 13.8. The average molecular weight is 478 g/mol. The average Bonchev–Trinajstić information content (AvgIpc) is 3.29. The molecule has 0 aliphatic carbocycles. The molecular weight excluding hydrogens is 446 g/mol. The Labute approximate surface area is 206 Å². The van der Waals surface area contributed by atoms with Gasteiger partial charge in [-0.25, -0.2) is 4.68 Å². The monoisotopic (exact) mass is 477 g/mol. The zero-order chi connectivity index (χ0) is 23.7. The first kappa shape index (κ1) is 22.9. The summed E-state index contributed by atoms with van der Waals surface area (Å²) in [7, 11) is 0. The molecule has 3 aromatic rings. The highest BCUT2D eigenvalue weighted by molar-refractivity contribution is 6.30. The fourth-order valence-corrected chi connectivity index (χ4v) is 5.43. The highest BCUT2D eigenvalue weighted by Crippen LogP contribution is 2.32. The summed E-state index contributed by atoms with van der Waals surface area (Å²) < 4.78 is 1.95. The number of halogens is 1. The number of hydrogen-bond donors (Lipinski definition) is 1. The van der Waals surface area contributed by atoms with E-state index in [1.807, 2.05) is 33.8 Å². The largest absolute Gasteiger partial charge is 0.365 e. The molecule has 1 amide bonds. The molecule has 5 rings (SSSR count). The molecule has 1 N–H and O–H groups in total. The van der Waals surface area contributed by atoms with Crippen LogP contribution in [0.25, 0.3) is 5.69 Å². The van der Waals surface area contributed by atoms with Crippen molar-refractivity contribution in [3.05, 3.63) is 76.6 Å². The zero-order valence-corrected chi connectivity index (χ0v) is 20.6. The molecular formula is C27H32ClN5O. The molecule has 7 heteroatoms. The van der Waals surface area contributed by atoms with Crippen molar-refractivity contribution < 1.29 is 4.79 Å².